The number of rotatable bonds is 4. The Labute approximate surface area is 109 Å². The third kappa shape index (κ3) is 2.59. The molecule has 0 fully saturated rings. The molecule has 5 heteroatoms. The molecule has 2 aromatic rings. The van der Waals surface area contributed by atoms with Gasteiger partial charge in [0.05, 0.1) is 11.5 Å². The van der Waals surface area contributed by atoms with Crippen LogP contribution in [0.15, 0.2) is 36.5 Å². The van der Waals surface area contributed by atoms with E-state index in [1.54, 1.807) is 19.3 Å². The molecule has 4 nitrogen and oxygen atoms in total. The van der Waals surface area contributed by atoms with Crippen molar-refractivity contribution in [1.29, 1.82) is 0 Å². The van der Waals surface area contributed by atoms with Gasteiger partial charge in [-0.05, 0) is 25.1 Å². The van der Waals surface area contributed by atoms with Crippen molar-refractivity contribution in [3.05, 3.63) is 53.6 Å². The Morgan fingerprint density at radius 1 is 1.21 bits per heavy atom. The van der Waals surface area contributed by atoms with Crippen molar-refractivity contribution in [2.75, 3.05) is 0 Å². The average molecular weight is 260 g/mol. The van der Waals surface area contributed by atoms with Crippen LogP contribution >= 0.6 is 0 Å². The Hall–Kier alpha value is -2.30. The van der Waals surface area contributed by atoms with Gasteiger partial charge in [-0.3, -0.25) is 14.3 Å². The molecule has 1 aromatic carbocycles. The number of ketones is 2. The highest BCUT2D eigenvalue weighted by Gasteiger charge is 2.27. The van der Waals surface area contributed by atoms with Crippen LogP contribution < -0.4 is 0 Å². The number of Topliss-reactive ketones (excluding diaryl/α,β-unsaturated/α-hetero) is 2. The van der Waals surface area contributed by atoms with Gasteiger partial charge < -0.3 is 0 Å². The lowest BCUT2D eigenvalue weighted by atomic mass is 9.94. The van der Waals surface area contributed by atoms with Gasteiger partial charge in [0.25, 0.3) is 0 Å². The summed E-state index contributed by atoms with van der Waals surface area (Å²) in [6, 6.07) is 7.17. The first-order valence-electron chi connectivity index (χ1n) is 5.83. The molecule has 19 heavy (non-hydrogen) atoms. The number of nitrogens with zero attached hydrogens (tertiary/aromatic N) is 2. The van der Waals surface area contributed by atoms with Crippen molar-refractivity contribution >= 4 is 11.6 Å². The van der Waals surface area contributed by atoms with Gasteiger partial charge in [0.15, 0.2) is 11.6 Å². The predicted molar refractivity (Wildman–Crippen MR) is 67.4 cm³/mol. The van der Waals surface area contributed by atoms with Crippen LogP contribution in [0.5, 0.6) is 0 Å². The van der Waals surface area contributed by atoms with E-state index in [4.69, 9.17) is 0 Å². The molecule has 0 saturated carbocycles. The summed E-state index contributed by atoms with van der Waals surface area (Å²) < 4.78 is 15.0. The van der Waals surface area contributed by atoms with Crippen LogP contribution in [0.1, 0.15) is 27.8 Å². The lowest BCUT2D eigenvalue weighted by Gasteiger charge is -2.08. The maximum absolute atomic E-state index is 13.5. The van der Waals surface area contributed by atoms with Crippen molar-refractivity contribution in [2.45, 2.75) is 6.92 Å². The average Bonchev–Trinajstić information content (AvgIpc) is 2.83. The Morgan fingerprint density at radius 2 is 1.89 bits per heavy atom. The summed E-state index contributed by atoms with van der Waals surface area (Å²) >= 11 is 0. The third-order valence-electron chi connectivity index (χ3n) is 2.89. The summed E-state index contributed by atoms with van der Waals surface area (Å²) in [6.45, 7) is 1.46. The number of benzene rings is 1. The molecule has 0 saturated heterocycles. The van der Waals surface area contributed by atoms with Crippen LogP contribution in [0.4, 0.5) is 4.39 Å². The molecule has 98 valence electrons. The monoisotopic (exact) mass is 260 g/mol. The van der Waals surface area contributed by atoms with E-state index in [1.165, 1.54) is 35.9 Å². The number of aromatic nitrogens is 2. The van der Waals surface area contributed by atoms with Crippen LogP contribution in [0.25, 0.3) is 0 Å². The van der Waals surface area contributed by atoms with Crippen LogP contribution in [0.3, 0.4) is 0 Å². The Bertz CT molecular complexity index is 634. The van der Waals surface area contributed by atoms with E-state index >= 15 is 0 Å². The molecule has 0 aliphatic heterocycles. The van der Waals surface area contributed by atoms with Gasteiger partial charge >= 0.3 is 0 Å². The normalized spacial score (nSPS) is 12.2. The molecule has 0 N–H and O–H groups in total. The second-order valence-corrected chi connectivity index (χ2v) is 4.30. The highest BCUT2D eigenvalue weighted by molar-refractivity contribution is 6.15. The summed E-state index contributed by atoms with van der Waals surface area (Å²) in [5, 5.41) is 3.95. The van der Waals surface area contributed by atoms with E-state index in [0.29, 0.717) is 0 Å². The number of carbonyl (C=O) groups is 2. The first-order chi connectivity index (χ1) is 9.00. The third-order valence-corrected chi connectivity index (χ3v) is 2.89. The van der Waals surface area contributed by atoms with Crippen molar-refractivity contribution in [1.82, 2.24) is 9.78 Å². The van der Waals surface area contributed by atoms with Gasteiger partial charge in [-0.1, -0.05) is 12.1 Å². The molecule has 1 heterocycles. The summed E-state index contributed by atoms with van der Waals surface area (Å²) in [4.78, 5) is 24.2. The molecule has 0 radical (unpaired) electrons. The van der Waals surface area contributed by atoms with Crippen LogP contribution in [-0.4, -0.2) is 21.3 Å². The molecule has 0 bridgehead atoms. The largest absolute Gasteiger partial charge is 0.293 e. The summed E-state index contributed by atoms with van der Waals surface area (Å²) in [5.74, 6) is -2.51. The minimum atomic E-state index is -0.952. The Balaban J connectivity index is 2.25. The number of halogens is 1. The maximum atomic E-state index is 13.5. The lowest BCUT2D eigenvalue weighted by molar-refractivity contribution is 0.0815. The first kappa shape index (κ1) is 13.1. The fourth-order valence-electron chi connectivity index (χ4n) is 1.78. The van der Waals surface area contributed by atoms with Gasteiger partial charge in [0.1, 0.15) is 11.5 Å². The number of carbonyl (C=O) groups excluding carboxylic acids is 2. The molecule has 0 aliphatic carbocycles. The lowest BCUT2D eigenvalue weighted by Crippen LogP contribution is -2.22. The molecule has 2 rings (SSSR count). The van der Waals surface area contributed by atoms with Crippen molar-refractivity contribution < 1.29 is 14.0 Å². The minimum Gasteiger partial charge on any atom is -0.293 e. The zero-order chi connectivity index (χ0) is 14.0. The number of hydrogen-bond acceptors (Lipinski definition) is 3. The zero-order valence-corrected chi connectivity index (χ0v) is 10.6. The van der Waals surface area contributed by atoms with Crippen LogP contribution in [-0.2, 0) is 7.05 Å². The summed E-state index contributed by atoms with van der Waals surface area (Å²) in [5.41, 5.74) is 0.138. The highest BCUT2D eigenvalue weighted by atomic mass is 19.1. The molecule has 1 unspecified atom stereocenters. The number of hydrogen-bond donors (Lipinski definition) is 0. The molecule has 1 aromatic heterocycles. The van der Waals surface area contributed by atoms with E-state index in [1.807, 2.05) is 0 Å². The molecule has 1 atom stereocenters. The minimum absolute atomic E-state index is 0.0701. The first-order valence-corrected chi connectivity index (χ1v) is 5.83. The summed E-state index contributed by atoms with van der Waals surface area (Å²) in [7, 11) is 1.68. The van der Waals surface area contributed by atoms with Gasteiger partial charge in [0, 0.05) is 13.2 Å². The zero-order valence-electron chi connectivity index (χ0n) is 10.6. The summed E-state index contributed by atoms with van der Waals surface area (Å²) in [6.07, 6.45) is 1.62. The van der Waals surface area contributed by atoms with Crippen LogP contribution in [0, 0.1) is 11.7 Å². The van der Waals surface area contributed by atoms with Gasteiger partial charge in [-0.25, -0.2) is 4.39 Å². The van der Waals surface area contributed by atoms with Crippen LogP contribution in [0.2, 0.25) is 0 Å². The standard InChI is InChI=1S/C14H13FN2O2/c1-9(14(19)12-7-8-17(2)16-12)13(18)10-5-3-4-6-11(10)15/h3-9H,1-2H3. The van der Waals surface area contributed by atoms with E-state index in [2.05, 4.69) is 5.10 Å². The molecule has 0 spiro atoms. The fraction of sp³-hybridized carbons (Fsp3) is 0.214. The molecule has 0 amide bonds. The fourth-order valence-corrected chi connectivity index (χ4v) is 1.78. The molecular formula is C14H13FN2O2. The van der Waals surface area contributed by atoms with Crippen molar-refractivity contribution in [3.63, 3.8) is 0 Å². The van der Waals surface area contributed by atoms with E-state index in [0.717, 1.165) is 0 Å². The van der Waals surface area contributed by atoms with Crippen molar-refractivity contribution in [3.8, 4) is 0 Å². The second-order valence-electron chi connectivity index (χ2n) is 4.30. The Kier molecular flexibility index (Phi) is 3.55. The van der Waals surface area contributed by atoms with Crippen molar-refractivity contribution in [2.24, 2.45) is 13.0 Å². The van der Waals surface area contributed by atoms with Gasteiger partial charge in [0.2, 0.25) is 0 Å². The smallest absolute Gasteiger partial charge is 0.193 e. The highest BCUT2D eigenvalue weighted by Crippen LogP contribution is 2.16. The van der Waals surface area contributed by atoms with E-state index in [-0.39, 0.29) is 11.3 Å². The number of aryl methyl sites for hydroxylation is 1. The predicted octanol–water partition coefficient (Wildman–Crippen LogP) is 2.26. The molecule has 0 aliphatic rings. The SMILES string of the molecule is CC(C(=O)c1ccn(C)n1)C(=O)c1ccccc1F. The quantitative estimate of drug-likeness (QED) is 0.626. The topological polar surface area (TPSA) is 52.0 Å². The van der Waals surface area contributed by atoms with Gasteiger partial charge in [-0.15, -0.1) is 0 Å². The second kappa shape index (κ2) is 5.14. The van der Waals surface area contributed by atoms with Gasteiger partial charge in [-0.2, -0.15) is 5.10 Å². The Morgan fingerprint density at radius 3 is 2.47 bits per heavy atom. The maximum Gasteiger partial charge on any atom is 0.193 e. The molecular weight excluding hydrogens is 247 g/mol. The van der Waals surface area contributed by atoms with E-state index < -0.39 is 23.3 Å². The van der Waals surface area contributed by atoms with E-state index in [9.17, 15) is 14.0 Å².